The SMILES string of the molecule is CC(C)=C1OC(=O)N(c2cc3c(cc2F)OC(C)C(=O)N3C)C1=O. The lowest BCUT2D eigenvalue weighted by molar-refractivity contribution is -0.125. The molecule has 1 aromatic carbocycles. The van der Waals surface area contributed by atoms with Crippen molar-refractivity contribution in [1.29, 1.82) is 0 Å². The molecule has 7 nitrogen and oxygen atoms in total. The fourth-order valence-electron chi connectivity index (χ4n) is 2.58. The Morgan fingerprint density at radius 1 is 1.17 bits per heavy atom. The van der Waals surface area contributed by atoms with Crippen LogP contribution in [0.3, 0.4) is 0 Å². The Labute approximate surface area is 137 Å². The van der Waals surface area contributed by atoms with E-state index in [2.05, 4.69) is 0 Å². The number of halogens is 1. The summed E-state index contributed by atoms with van der Waals surface area (Å²) in [5.74, 6) is -1.87. The summed E-state index contributed by atoms with van der Waals surface area (Å²) in [6, 6.07) is 2.27. The number of nitrogens with zero attached hydrogens (tertiary/aromatic N) is 2. The molecule has 126 valence electrons. The minimum absolute atomic E-state index is 0.133. The molecule has 1 fully saturated rings. The number of imide groups is 1. The fourth-order valence-corrected chi connectivity index (χ4v) is 2.58. The van der Waals surface area contributed by atoms with Crippen molar-refractivity contribution in [2.24, 2.45) is 0 Å². The molecule has 2 aliphatic heterocycles. The molecule has 0 bridgehead atoms. The Hall–Kier alpha value is -2.90. The van der Waals surface area contributed by atoms with Crippen LogP contribution in [0.2, 0.25) is 0 Å². The van der Waals surface area contributed by atoms with E-state index in [-0.39, 0.29) is 28.8 Å². The summed E-state index contributed by atoms with van der Waals surface area (Å²) in [5, 5.41) is 0. The van der Waals surface area contributed by atoms with Gasteiger partial charge in [-0.2, -0.15) is 0 Å². The maximum absolute atomic E-state index is 14.5. The summed E-state index contributed by atoms with van der Waals surface area (Å²) in [6.45, 7) is 4.76. The number of amides is 3. The average molecular weight is 334 g/mol. The number of hydrogen-bond acceptors (Lipinski definition) is 5. The third-order valence-corrected chi connectivity index (χ3v) is 3.84. The zero-order valence-corrected chi connectivity index (χ0v) is 13.5. The summed E-state index contributed by atoms with van der Waals surface area (Å²) >= 11 is 0. The van der Waals surface area contributed by atoms with Crippen molar-refractivity contribution >= 4 is 29.3 Å². The van der Waals surface area contributed by atoms with Crippen LogP contribution in [0.15, 0.2) is 23.5 Å². The van der Waals surface area contributed by atoms with E-state index >= 15 is 0 Å². The van der Waals surface area contributed by atoms with Gasteiger partial charge >= 0.3 is 12.0 Å². The van der Waals surface area contributed by atoms with E-state index in [0.717, 1.165) is 6.07 Å². The van der Waals surface area contributed by atoms with Gasteiger partial charge in [0.2, 0.25) is 0 Å². The van der Waals surface area contributed by atoms with E-state index in [1.165, 1.54) is 18.0 Å². The van der Waals surface area contributed by atoms with Gasteiger partial charge in [0.25, 0.3) is 5.91 Å². The van der Waals surface area contributed by atoms with Gasteiger partial charge in [0.05, 0.1) is 11.4 Å². The number of ether oxygens (including phenoxy) is 2. The van der Waals surface area contributed by atoms with E-state index in [1.807, 2.05) is 0 Å². The smallest absolute Gasteiger partial charge is 0.427 e. The number of allylic oxidation sites excluding steroid dienone is 1. The third-order valence-electron chi connectivity index (χ3n) is 3.84. The Bertz CT molecular complexity index is 813. The molecule has 0 saturated carbocycles. The number of cyclic esters (lactones) is 1. The van der Waals surface area contributed by atoms with Gasteiger partial charge in [-0.25, -0.2) is 14.1 Å². The number of rotatable bonds is 1. The summed E-state index contributed by atoms with van der Waals surface area (Å²) in [4.78, 5) is 38.2. The lowest BCUT2D eigenvalue weighted by Crippen LogP contribution is -2.42. The normalized spacial score (nSPS) is 20.1. The predicted octanol–water partition coefficient (Wildman–Crippen LogP) is 2.35. The molecule has 2 heterocycles. The van der Waals surface area contributed by atoms with Crippen molar-refractivity contribution in [3.63, 3.8) is 0 Å². The monoisotopic (exact) mass is 334 g/mol. The van der Waals surface area contributed by atoms with E-state index < -0.39 is 23.9 Å². The number of likely N-dealkylation sites (N-methyl/N-ethyl adjacent to an activating group) is 1. The van der Waals surface area contributed by atoms with Crippen LogP contribution in [-0.2, 0) is 14.3 Å². The molecule has 24 heavy (non-hydrogen) atoms. The highest BCUT2D eigenvalue weighted by Crippen LogP contribution is 2.40. The number of anilines is 2. The molecule has 0 spiro atoms. The summed E-state index contributed by atoms with van der Waals surface area (Å²) in [5.41, 5.74) is 0.470. The Kier molecular flexibility index (Phi) is 3.55. The van der Waals surface area contributed by atoms with Crippen LogP contribution in [0.25, 0.3) is 0 Å². The molecule has 0 aromatic heterocycles. The quantitative estimate of drug-likeness (QED) is 0.737. The van der Waals surface area contributed by atoms with Gasteiger partial charge in [-0.1, -0.05) is 0 Å². The second kappa shape index (κ2) is 5.33. The third kappa shape index (κ3) is 2.22. The van der Waals surface area contributed by atoms with E-state index in [9.17, 15) is 18.8 Å². The van der Waals surface area contributed by atoms with Crippen molar-refractivity contribution in [3.8, 4) is 5.75 Å². The van der Waals surface area contributed by atoms with Crippen molar-refractivity contribution in [2.75, 3.05) is 16.8 Å². The second-order valence-corrected chi connectivity index (χ2v) is 5.77. The molecule has 0 radical (unpaired) electrons. The second-order valence-electron chi connectivity index (χ2n) is 5.77. The van der Waals surface area contributed by atoms with Crippen LogP contribution in [0.5, 0.6) is 5.75 Å². The Morgan fingerprint density at radius 3 is 2.42 bits per heavy atom. The first-order valence-corrected chi connectivity index (χ1v) is 7.24. The highest BCUT2D eigenvalue weighted by molar-refractivity contribution is 6.24. The molecule has 1 aromatic rings. The largest absolute Gasteiger partial charge is 0.479 e. The Balaban J connectivity index is 2.11. The number of benzene rings is 1. The number of fused-ring (bicyclic) bond motifs is 1. The van der Waals surface area contributed by atoms with Gasteiger partial charge in [-0.05, 0) is 32.4 Å². The first-order valence-electron chi connectivity index (χ1n) is 7.24. The molecule has 1 unspecified atom stereocenters. The van der Waals surface area contributed by atoms with Gasteiger partial charge in [0.1, 0.15) is 5.75 Å². The van der Waals surface area contributed by atoms with Crippen LogP contribution in [0.4, 0.5) is 20.6 Å². The Morgan fingerprint density at radius 2 is 1.83 bits per heavy atom. The van der Waals surface area contributed by atoms with Crippen LogP contribution >= 0.6 is 0 Å². The van der Waals surface area contributed by atoms with E-state index in [4.69, 9.17) is 9.47 Å². The first-order chi connectivity index (χ1) is 11.2. The summed E-state index contributed by atoms with van der Waals surface area (Å²) in [7, 11) is 1.51. The van der Waals surface area contributed by atoms with Gasteiger partial charge < -0.3 is 14.4 Å². The first kappa shape index (κ1) is 16.0. The maximum Gasteiger partial charge on any atom is 0.427 e. The lowest BCUT2D eigenvalue weighted by atomic mass is 10.1. The van der Waals surface area contributed by atoms with Gasteiger partial charge in [0.15, 0.2) is 17.7 Å². The maximum atomic E-state index is 14.5. The highest BCUT2D eigenvalue weighted by Gasteiger charge is 2.41. The van der Waals surface area contributed by atoms with Crippen LogP contribution in [0, 0.1) is 5.82 Å². The zero-order chi connectivity index (χ0) is 17.8. The molecule has 3 rings (SSSR count). The zero-order valence-electron chi connectivity index (χ0n) is 13.5. The molecule has 1 atom stereocenters. The summed E-state index contributed by atoms with van der Waals surface area (Å²) < 4.78 is 24.7. The average Bonchev–Trinajstić information content (AvgIpc) is 2.80. The molecule has 0 aliphatic carbocycles. The standard InChI is InChI=1S/C16H15FN2O5/c1-7(2)13-15(21)19(16(22)24-13)10-6-11-12(5-9(10)17)23-8(3)14(20)18(11)4/h5-6,8H,1-4H3. The minimum Gasteiger partial charge on any atom is -0.479 e. The minimum atomic E-state index is -0.992. The predicted molar refractivity (Wildman–Crippen MR) is 82.2 cm³/mol. The van der Waals surface area contributed by atoms with Crippen molar-refractivity contribution < 1.29 is 28.2 Å². The molecule has 3 amide bonds. The van der Waals surface area contributed by atoms with Crippen molar-refractivity contribution in [3.05, 3.63) is 29.3 Å². The number of carbonyl (C=O) groups is 3. The number of carbonyl (C=O) groups excluding carboxylic acids is 3. The van der Waals surface area contributed by atoms with E-state index in [1.54, 1.807) is 20.8 Å². The van der Waals surface area contributed by atoms with Crippen LogP contribution in [-0.4, -0.2) is 31.1 Å². The van der Waals surface area contributed by atoms with Crippen molar-refractivity contribution in [1.82, 2.24) is 0 Å². The highest BCUT2D eigenvalue weighted by atomic mass is 19.1. The topological polar surface area (TPSA) is 76.2 Å². The molecule has 2 aliphatic rings. The fraction of sp³-hybridized carbons (Fsp3) is 0.312. The van der Waals surface area contributed by atoms with Gasteiger partial charge in [-0.3, -0.25) is 9.59 Å². The summed E-state index contributed by atoms with van der Waals surface area (Å²) in [6.07, 6.45) is -1.74. The molecule has 0 N–H and O–H groups in total. The molecular formula is C16H15FN2O5. The molecule has 1 saturated heterocycles. The van der Waals surface area contributed by atoms with Crippen LogP contribution < -0.4 is 14.5 Å². The van der Waals surface area contributed by atoms with Crippen LogP contribution in [0.1, 0.15) is 20.8 Å². The van der Waals surface area contributed by atoms with Gasteiger partial charge in [-0.15, -0.1) is 0 Å². The van der Waals surface area contributed by atoms with Crippen molar-refractivity contribution in [2.45, 2.75) is 26.9 Å². The van der Waals surface area contributed by atoms with E-state index in [0.29, 0.717) is 10.5 Å². The van der Waals surface area contributed by atoms with Gasteiger partial charge in [0, 0.05) is 13.1 Å². The molecule has 8 heteroatoms. The number of hydrogen-bond donors (Lipinski definition) is 0. The lowest BCUT2D eigenvalue weighted by Gasteiger charge is -2.31. The molecular weight excluding hydrogens is 319 g/mol.